The average Bonchev–Trinajstić information content (AvgIpc) is 2.43. The Labute approximate surface area is 123 Å². The third-order valence-electron chi connectivity index (χ3n) is 3.22. The lowest BCUT2D eigenvalue weighted by Crippen LogP contribution is -2.22. The molecule has 1 atom stereocenters. The molecule has 1 unspecified atom stereocenters. The molecule has 3 heteroatoms. The number of hydrogen-bond acceptors (Lipinski definition) is 1. The fourth-order valence-electron chi connectivity index (χ4n) is 2.06. The lowest BCUT2D eigenvalue weighted by Gasteiger charge is -2.22. The fourth-order valence-corrected chi connectivity index (χ4v) is 2.53. The first-order chi connectivity index (χ1) is 9.05. The Morgan fingerprint density at radius 3 is 2.37 bits per heavy atom. The van der Waals surface area contributed by atoms with Gasteiger partial charge in [0, 0.05) is 10.0 Å². The molecule has 0 fully saturated rings. The SMILES string of the molecule is CC(C#N)(Cc1ccc(Cl)cc1Cl)c1ccccc1. The van der Waals surface area contributed by atoms with Gasteiger partial charge in [0.05, 0.1) is 11.5 Å². The smallest absolute Gasteiger partial charge is 0.0835 e. The van der Waals surface area contributed by atoms with Crippen LogP contribution in [0, 0.1) is 11.3 Å². The van der Waals surface area contributed by atoms with Crippen molar-refractivity contribution < 1.29 is 0 Å². The van der Waals surface area contributed by atoms with E-state index in [1.807, 2.05) is 43.3 Å². The molecule has 0 N–H and O–H groups in total. The van der Waals surface area contributed by atoms with Crippen molar-refractivity contribution >= 4 is 23.2 Å². The average molecular weight is 290 g/mol. The molecular formula is C16H13Cl2N. The molecule has 2 rings (SSSR count). The summed E-state index contributed by atoms with van der Waals surface area (Å²) in [5.74, 6) is 0. The van der Waals surface area contributed by atoms with E-state index in [1.54, 1.807) is 12.1 Å². The number of halogens is 2. The van der Waals surface area contributed by atoms with Crippen LogP contribution in [0.5, 0.6) is 0 Å². The highest BCUT2D eigenvalue weighted by Gasteiger charge is 2.27. The van der Waals surface area contributed by atoms with Gasteiger partial charge < -0.3 is 0 Å². The summed E-state index contributed by atoms with van der Waals surface area (Å²) in [5, 5.41) is 10.7. The van der Waals surface area contributed by atoms with Gasteiger partial charge in [-0.1, -0.05) is 59.6 Å². The van der Waals surface area contributed by atoms with Crippen molar-refractivity contribution in [1.82, 2.24) is 0 Å². The zero-order valence-corrected chi connectivity index (χ0v) is 12.0. The van der Waals surface area contributed by atoms with Crippen molar-refractivity contribution in [2.24, 2.45) is 0 Å². The van der Waals surface area contributed by atoms with Gasteiger partial charge in [-0.2, -0.15) is 5.26 Å². The Morgan fingerprint density at radius 1 is 1.11 bits per heavy atom. The van der Waals surface area contributed by atoms with Gasteiger partial charge in [0.15, 0.2) is 0 Å². The monoisotopic (exact) mass is 289 g/mol. The lowest BCUT2D eigenvalue weighted by atomic mass is 9.79. The zero-order valence-electron chi connectivity index (χ0n) is 10.5. The van der Waals surface area contributed by atoms with E-state index in [0.717, 1.165) is 11.1 Å². The molecule has 96 valence electrons. The van der Waals surface area contributed by atoms with Crippen LogP contribution in [-0.2, 0) is 11.8 Å². The first kappa shape index (κ1) is 13.9. The molecule has 0 aromatic heterocycles. The van der Waals surface area contributed by atoms with Gasteiger partial charge in [-0.15, -0.1) is 0 Å². The van der Waals surface area contributed by atoms with Crippen LogP contribution >= 0.6 is 23.2 Å². The standard InChI is InChI=1S/C16H13Cl2N/c1-16(11-19,13-5-3-2-4-6-13)10-12-7-8-14(17)9-15(12)18/h2-9H,10H2,1H3. The van der Waals surface area contributed by atoms with Crippen LogP contribution in [0.3, 0.4) is 0 Å². The third-order valence-corrected chi connectivity index (χ3v) is 3.80. The van der Waals surface area contributed by atoms with Gasteiger partial charge in [0.2, 0.25) is 0 Å². The molecular weight excluding hydrogens is 277 g/mol. The van der Waals surface area contributed by atoms with E-state index in [9.17, 15) is 5.26 Å². The highest BCUT2D eigenvalue weighted by molar-refractivity contribution is 6.35. The van der Waals surface area contributed by atoms with Gasteiger partial charge in [-0.3, -0.25) is 0 Å². The Hall–Kier alpha value is -1.49. The minimum absolute atomic E-state index is 0.559. The third kappa shape index (κ3) is 3.10. The second-order valence-electron chi connectivity index (χ2n) is 4.72. The van der Waals surface area contributed by atoms with Crippen LogP contribution in [0.2, 0.25) is 10.0 Å². The summed E-state index contributed by atoms with van der Waals surface area (Å²) >= 11 is 12.1. The van der Waals surface area contributed by atoms with Crippen molar-refractivity contribution in [2.75, 3.05) is 0 Å². The van der Waals surface area contributed by atoms with Gasteiger partial charge in [0.1, 0.15) is 0 Å². The van der Waals surface area contributed by atoms with Crippen molar-refractivity contribution in [3.63, 3.8) is 0 Å². The van der Waals surface area contributed by atoms with E-state index in [-0.39, 0.29) is 0 Å². The van der Waals surface area contributed by atoms with E-state index >= 15 is 0 Å². The van der Waals surface area contributed by atoms with E-state index in [4.69, 9.17) is 23.2 Å². The summed E-state index contributed by atoms with van der Waals surface area (Å²) < 4.78 is 0. The molecule has 2 aromatic rings. The van der Waals surface area contributed by atoms with Crippen molar-refractivity contribution in [2.45, 2.75) is 18.8 Å². The molecule has 0 saturated heterocycles. The highest BCUT2D eigenvalue weighted by Crippen LogP contribution is 2.31. The van der Waals surface area contributed by atoms with Crippen LogP contribution < -0.4 is 0 Å². The summed E-state index contributed by atoms with van der Waals surface area (Å²) in [5.41, 5.74) is 1.32. The van der Waals surface area contributed by atoms with E-state index < -0.39 is 5.41 Å². The van der Waals surface area contributed by atoms with Gasteiger partial charge in [0.25, 0.3) is 0 Å². The molecule has 0 amide bonds. The van der Waals surface area contributed by atoms with Crippen molar-refractivity contribution in [3.05, 3.63) is 69.7 Å². The van der Waals surface area contributed by atoms with Crippen LogP contribution in [0.1, 0.15) is 18.1 Å². The molecule has 19 heavy (non-hydrogen) atoms. The van der Waals surface area contributed by atoms with Gasteiger partial charge in [-0.25, -0.2) is 0 Å². The van der Waals surface area contributed by atoms with Crippen LogP contribution in [0.4, 0.5) is 0 Å². The first-order valence-electron chi connectivity index (χ1n) is 5.96. The Kier molecular flexibility index (Phi) is 4.14. The summed E-state index contributed by atoms with van der Waals surface area (Å²) in [6, 6.07) is 17.5. The Bertz CT molecular complexity index is 616. The maximum atomic E-state index is 9.53. The second-order valence-corrected chi connectivity index (χ2v) is 5.57. The minimum Gasteiger partial charge on any atom is -0.197 e. The normalized spacial score (nSPS) is 13.6. The fraction of sp³-hybridized carbons (Fsp3) is 0.188. The van der Waals surface area contributed by atoms with Gasteiger partial charge in [-0.05, 0) is 36.6 Å². The summed E-state index contributed by atoms with van der Waals surface area (Å²) in [6.45, 7) is 1.92. The van der Waals surface area contributed by atoms with Gasteiger partial charge >= 0.3 is 0 Å². The second kappa shape index (κ2) is 5.65. The van der Waals surface area contributed by atoms with Crippen molar-refractivity contribution in [3.8, 4) is 6.07 Å². The number of rotatable bonds is 3. The molecule has 0 aliphatic carbocycles. The van der Waals surface area contributed by atoms with Crippen LogP contribution in [0.15, 0.2) is 48.5 Å². The zero-order chi connectivity index (χ0) is 13.9. The Balaban J connectivity index is 2.37. The first-order valence-corrected chi connectivity index (χ1v) is 6.71. The van der Waals surface area contributed by atoms with Crippen LogP contribution in [-0.4, -0.2) is 0 Å². The predicted octanol–water partition coefficient (Wildman–Crippen LogP) is 5.02. The molecule has 0 spiro atoms. The molecule has 0 saturated carbocycles. The predicted molar refractivity (Wildman–Crippen MR) is 79.6 cm³/mol. The van der Waals surface area contributed by atoms with E-state index in [1.165, 1.54) is 0 Å². The summed E-state index contributed by atoms with van der Waals surface area (Å²) in [7, 11) is 0. The largest absolute Gasteiger partial charge is 0.197 e. The quantitative estimate of drug-likeness (QED) is 0.778. The highest BCUT2D eigenvalue weighted by atomic mass is 35.5. The van der Waals surface area contributed by atoms with E-state index in [2.05, 4.69) is 6.07 Å². The molecule has 0 aliphatic heterocycles. The molecule has 1 nitrogen and oxygen atoms in total. The maximum Gasteiger partial charge on any atom is 0.0835 e. The lowest BCUT2D eigenvalue weighted by molar-refractivity contribution is 0.606. The number of hydrogen-bond donors (Lipinski definition) is 0. The maximum absolute atomic E-state index is 9.53. The number of benzene rings is 2. The molecule has 0 bridgehead atoms. The van der Waals surface area contributed by atoms with E-state index in [0.29, 0.717) is 16.5 Å². The van der Waals surface area contributed by atoms with Crippen LogP contribution in [0.25, 0.3) is 0 Å². The summed E-state index contributed by atoms with van der Waals surface area (Å²) in [4.78, 5) is 0. The molecule has 0 heterocycles. The molecule has 2 aromatic carbocycles. The molecule has 0 radical (unpaired) electrons. The number of nitriles is 1. The number of nitrogens with zero attached hydrogens (tertiary/aromatic N) is 1. The van der Waals surface area contributed by atoms with Crippen molar-refractivity contribution in [1.29, 1.82) is 5.26 Å². The topological polar surface area (TPSA) is 23.8 Å². The Morgan fingerprint density at radius 2 is 1.79 bits per heavy atom. The molecule has 0 aliphatic rings. The summed E-state index contributed by atoms with van der Waals surface area (Å²) in [6.07, 6.45) is 0.559. The minimum atomic E-state index is -0.598.